The summed E-state index contributed by atoms with van der Waals surface area (Å²) in [6.45, 7) is -0.610. The number of hydrogen-bond donors (Lipinski definition) is 1. The highest BCUT2D eigenvalue weighted by atomic mass is 19.4. The summed E-state index contributed by atoms with van der Waals surface area (Å²) in [5.74, 6) is -4.07. The number of halogens is 6. The molecule has 0 aliphatic rings. The Labute approximate surface area is 83.6 Å². The van der Waals surface area contributed by atoms with Crippen LogP contribution in [0.1, 0.15) is 25.7 Å². The molecule has 0 aliphatic carbocycles. The van der Waals surface area contributed by atoms with Gasteiger partial charge in [-0.2, -0.15) is 17.6 Å². The molecule has 7 heteroatoms. The van der Waals surface area contributed by atoms with Crippen molar-refractivity contribution in [3.8, 4) is 0 Å². The van der Waals surface area contributed by atoms with E-state index in [2.05, 4.69) is 5.73 Å². The molecule has 0 heterocycles. The molecule has 0 bridgehead atoms. The molecule has 0 radical (unpaired) electrons. The Hall–Kier alpha value is -0.460. The smallest absolute Gasteiger partial charge is 0.316 e. The second-order valence-electron chi connectivity index (χ2n) is 3.37. The van der Waals surface area contributed by atoms with Crippen molar-refractivity contribution in [3.63, 3.8) is 0 Å². The molecule has 3 N–H and O–H groups in total. The second kappa shape index (κ2) is 5.58. The maximum atomic E-state index is 12.9. The van der Waals surface area contributed by atoms with E-state index in [-0.39, 0.29) is 19.3 Å². The minimum Gasteiger partial charge on any atom is -0.316 e. The van der Waals surface area contributed by atoms with Crippen molar-refractivity contribution < 1.29 is 32.1 Å². The lowest BCUT2D eigenvalue weighted by Crippen LogP contribution is -2.81. The highest BCUT2D eigenvalue weighted by molar-refractivity contribution is 4.82. The average molecular weight is 238 g/mol. The van der Waals surface area contributed by atoms with E-state index in [4.69, 9.17) is 0 Å². The van der Waals surface area contributed by atoms with Crippen molar-refractivity contribution in [2.24, 2.45) is 0 Å². The van der Waals surface area contributed by atoms with Crippen molar-refractivity contribution in [1.82, 2.24) is 0 Å². The molecule has 0 aromatic carbocycles. The van der Waals surface area contributed by atoms with Gasteiger partial charge in [-0.3, -0.25) is 4.39 Å². The SMILES string of the molecule is [NH3+]C(F)(C(F)CCCCCF)C(F)(F)F. The van der Waals surface area contributed by atoms with Crippen molar-refractivity contribution in [1.29, 1.82) is 0 Å². The maximum absolute atomic E-state index is 12.9. The zero-order valence-electron chi connectivity index (χ0n) is 8.09. The molecule has 2 atom stereocenters. The number of unbranched alkanes of at least 4 members (excludes halogenated alkanes) is 2. The summed E-state index contributed by atoms with van der Waals surface area (Å²) in [5, 5.41) is 0. The molecule has 0 spiro atoms. The van der Waals surface area contributed by atoms with Gasteiger partial charge < -0.3 is 5.73 Å². The number of hydrogen-bond acceptors (Lipinski definition) is 0. The molecule has 0 aromatic rings. The Morgan fingerprint density at radius 3 is 1.93 bits per heavy atom. The van der Waals surface area contributed by atoms with Gasteiger partial charge in [0, 0.05) is 0 Å². The molecular formula is C8H14F6N+. The maximum Gasteiger partial charge on any atom is 0.480 e. The third-order valence-electron chi connectivity index (χ3n) is 2.06. The summed E-state index contributed by atoms with van der Waals surface area (Å²) in [6.07, 6.45) is -8.20. The van der Waals surface area contributed by atoms with E-state index in [9.17, 15) is 26.3 Å². The van der Waals surface area contributed by atoms with Crippen LogP contribution in [-0.2, 0) is 0 Å². The fraction of sp³-hybridized carbons (Fsp3) is 1.00. The third-order valence-corrected chi connectivity index (χ3v) is 2.06. The van der Waals surface area contributed by atoms with Crippen molar-refractivity contribution >= 4 is 0 Å². The highest BCUT2D eigenvalue weighted by Crippen LogP contribution is 2.34. The van der Waals surface area contributed by atoms with E-state index in [0.29, 0.717) is 0 Å². The Balaban J connectivity index is 4.03. The number of alkyl halides is 6. The van der Waals surface area contributed by atoms with Crippen LogP contribution in [0.2, 0.25) is 0 Å². The van der Waals surface area contributed by atoms with Crippen LogP contribution < -0.4 is 5.73 Å². The van der Waals surface area contributed by atoms with Crippen LogP contribution in [0, 0.1) is 0 Å². The van der Waals surface area contributed by atoms with Gasteiger partial charge in [0.05, 0.1) is 6.67 Å². The second-order valence-corrected chi connectivity index (χ2v) is 3.37. The first-order chi connectivity index (χ1) is 6.73. The van der Waals surface area contributed by atoms with Crippen LogP contribution in [0.5, 0.6) is 0 Å². The Kier molecular flexibility index (Phi) is 5.41. The molecule has 0 aromatic heterocycles. The largest absolute Gasteiger partial charge is 0.480 e. The summed E-state index contributed by atoms with van der Waals surface area (Å²) < 4.78 is 73.0. The molecule has 0 rings (SSSR count). The van der Waals surface area contributed by atoms with Gasteiger partial charge in [-0.05, 0) is 12.8 Å². The first kappa shape index (κ1) is 14.5. The van der Waals surface area contributed by atoms with E-state index in [1.807, 2.05) is 0 Å². The van der Waals surface area contributed by atoms with E-state index in [1.165, 1.54) is 0 Å². The van der Waals surface area contributed by atoms with Crippen LogP contribution in [0.4, 0.5) is 26.3 Å². The van der Waals surface area contributed by atoms with Gasteiger partial charge in [0.2, 0.25) is 0 Å². The van der Waals surface area contributed by atoms with Gasteiger partial charge in [-0.25, -0.2) is 4.39 Å². The monoisotopic (exact) mass is 238 g/mol. The molecule has 92 valence electrons. The van der Waals surface area contributed by atoms with Gasteiger partial charge in [0.15, 0.2) is 6.17 Å². The van der Waals surface area contributed by atoms with E-state index in [1.54, 1.807) is 0 Å². The molecular weight excluding hydrogens is 224 g/mol. The van der Waals surface area contributed by atoms with E-state index in [0.717, 1.165) is 0 Å². The molecule has 0 saturated heterocycles. The summed E-state index contributed by atoms with van der Waals surface area (Å²) >= 11 is 0. The normalized spacial score (nSPS) is 18.6. The fourth-order valence-corrected chi connectivity index (χ4v) is 1.00. The lowest BCUT2D eigenvalue weighted by Gasteiger charge is -2.22. The van der Waals surface area contributed by atoms with Gasteiger partial charge >= 0.3 is 12.0 Å². The summed E-state index contributed by atoms with van der Waals surface area (Å²) in [5.41, 5.74) is 2.20. The van der Waals surface area contributed by atoms with Crippen molar-refractivity contribution in [2.75, 3.05) is 6.67 Å². The van der Waals surface area contributed by atoms with Crippen LogP contribution in [-0.4, -0.2) is 24.8 Å². The molecule has 15 heavy (non-hydrogen) atoms. The van der Waals surface area contributed by atoms with Crippen molar-refractivity contribution in [2.45, 2.75) is 43.8 Å². The van der Waals surface area contributed by atoms with Gasteiger partial charge in [0.25, 0.3) is 0 Å². The zero-order chi connectivity index (χ0) is 12.1. The Bertz CT molecular complexity index is 178. The first-order valence-electron chi connectivity index (χ1n) is 4.54. The lowest BCUT2D eigenvalue weighted by molar-refractivity contribution is -0.595. The zero-order valence-corrected chi connectivity index (χ0v) is 8.09. The summed E-state index contributed by atoms with van der Waals surface area (Å²) in [4.78, 5) is 0. The van der Waals surface area contributed by atoms with E-state index >= 15 is 0 Å². The number of rotatable bonds is 6. The summed E-state index contributed by atoms with van der Waals surface area (Å²) in [7, 11) is 0. The first-order valence-corrected chi connectivity index (χ1v) is 4.54. The summed E-state index contributed by atoms with van der Waals surface area (Å²) in [6, 6.07) is 0. The van der Waals surface area contributed by atoms with E-state index < -0.39 is 31.2 Å². The van der Waals surface area contributed by atoms with Crippen LogP contribution in [0.15, 0.2) is 0 Å². The van der Waals surface area contributed by atoms with Crippen molar-refractivity contribution in [3.05, 3.63) is 0 Å². The third kappa shape index (κ3) is 4.27. The van der Waals surface area contributed by atoms with Gasteiger partial charge in [-0.1, -0.05) is 12.8 Å². The minimum atomic E-state index is -5.31. The fourth-order valence-electron chi connectivity index (χ4n) is 1.00. The van der Waals surface area contributed by atoms with Crippen LogP contribution >= 0.6 is 0 Å². The predicted molar refractivity (Wildman–Crippen MR) is 42.1 cm³/mol. The predicted octanol–water partition coefficient (Wildman–Crippen LogP) is 2.32. The highest BCUT2D eigenvalue weighted by Gasteiger charge is 2.63. The van der Waals surface area contributed by atoms with Crippen LogP contribution in [0.25, 0.3) is 0 Å². The molecule has 0 amide bonds. The van der Waals surface area contributed by atoms with Gasteiger partial charge in [-0.15, -0.1) is 0 Å². The minimum absolute atomic E-state index is 0.0162. The molecule has 0 aliphatic heterocycles. The Morgan fingerprint density at radius 1 is 1.00 bits per heavy atom. The molecule has 2 unspecified atom stereocenters. The average Bonchev–Trinajstić information content (AvgIpc) is 2.10. The standard InChI is InChI=1S/C8H13F6N/c9-5-3-1-2-4-6(10)7(11,15)8(12,13)14/h6H,1-5,15H2/p+1. The van der Waals surface area contributed by atoms with Crippen LogP contribution in [0.3, 0.4) is 0 Å². The Morgan fingerprint density at radius 2 is 1.53 bits per heavy atom. The topological polar surface area (TPSA) is 27.6 Å². The molecule has 0 saturated carbocycles. The quantitative estimate of drug-likeness (QED) is 0.418. The molecule has 1 nitrogen and oxygen atoms in total. The number of quaternary nitrogens is 1. The lowest BCUT2D eigenvalue weighted by atomic mass is 10.0. The molecule has 0 fully saturated rings. The van der Waals surface area contributed by atoms with Gasteiger partial charge in [0.1, 0.15) is 0 Å².